The van der Waals surface area contributed by atoms with E-state index in [1.165, 1.54) is 43.9 Å². The molecule has 3 rings (SSSR count). The molecule has 1 aromatic rings. The van der Waals surface area contributed by atoms with Crippen LogP contribution in [0.5, 0.6) is 11.5 Å². The number of benzene rings is 1. The lowest BCUT2D eigenvalue weighted by Crippen LogP contribution is -2.38. The molecule has 0 bridgehead atoms. The number of unbranched alkanes of at least 4 members (excludes halogenated alkanes) is 5. The van der Waals surface area contributed by atoms with Gasteiger partial charge in [-0.05, 0) is 42.0 Å². The average molecular weight is 433 g/mol. The zero-order valence-electron chi connectivity index (χ0n) is 18.0. The van der Waals surface area contributed by atoms with Crippen LogP contribution in [0.3, 0.4) is 0 Å². The second-order valence-electron chi connectivity index (χ2n) is 7.44. The molecule has 0 spiro atoms. The first-order valence-corrected chi connectivity index (χ1v) is 11.7. The van der Waals surface area contributed by atoms with Crippen molar-refractivity contribution in [3.05, 3.63) is 28.7 Å². The van der Waals surface area contributed by atoms with E-state index in [4.69, 9.17) is 14.2 Å². The van der Waals surface area contributed by atoms with Crippen molar-refractivity contribution in [3.8, 4) is 11.5 Å². The van der Waals surface area contributed by atoms with E-state index in [1.54, 1.807) is 7.11 Å². The molecule has 0 atom stereocenters. The first kappa shape index (κ1) is 22.7. The minimum atomic E-state index is -0.191. The molecule has 0 N–H and O–H groups in total. The van der Waals surface area contributed by atoms with Crippen molar-refractivity contribution < 1.29 is 19.0 Å². The molecule has 2 aliphatic rings. The monoisotopic (exact) mass is 432 g/mol. The minimum absolute atomic E-state index is 0.191. The molecule has 6 nitrogen and oxygen atoms in total. The summed E-state index contributed by atoms with van der Waals surface area (Å²) < 4.78 is 16.8. The van der Waals surface area contributed by atoms with Crippen molar-refractivity contribution in [2.24, 2.45) is 4.99 Å². The van der Waals surface area contributed by atoms with Gasteiger partial charge in [-0.1, -0.05) is 45.1 Å². The lowest BCUT2D eigenvalue weighted by atomic mass is 10.1. The molecule has 0 saturated carbocycles. The van der Waals surface area contributed by atoms with Crippen molar-refractivity contribution in [2.75, 3.05) is 40.0 Å². The summed E-state index contributed by atoms with van der Waals surface area (Å²) in [6, 6.07) is 5.77. The molecule has 0 radical (unpaired) electrons. The highest BCUT2D eigenvalue weighted by Gasteiger charge is 2.27. The number of thioether (sulfide) groups is 1. The molecule has 1 saturated heterocycles. The van der Waals surface area contributed by atoms with Crippen LogP contribution < -0.4 is 9.47 Å². The Hall–Kier alpha value is -1.99. The Kier molecular flexibility index (Phi) is 9.08. The van der Waals surface area contributed by atoms with E-state index in [9.17, 15) is 4.79 Å². The van der Waals surface area contributed by atoms with Gasteiger partial charge in [-0.3, -0.25) is 4.79 Å². The van der Waals surface area contributed by atoms with Gasteiger partial charge in [0.05, 0.1) is 31.8 Å². The van der Waals surface area contributed by atoms with Gasteiger partial charge in [0.1, 0.15) is 0 Å². The molecule has 1 aromatic carbocycles. The number of carbonyl (C=O) groups excluding carboxylic acids is 1. The number of hydrogen-bond donors (Lipinski definition) is 0. The van der Waals surface area contributed by atoms with Crippen LogP contribution in [0.2, 0.25) is 0 Å². The highest BCUT2D eigenvalue weighted by molar-refractivity contribution is 8.18. The summed E-state index contributed by atoms with van der Waals surface area (Å²) >= 11 is 1.42. The summed E-state index contributed by atoms with van der Waals surface area (Å²) in [6.07, 6.45) is 9.25. The van der Waals surface area contributed by atoms with Gasteiger partial charge in [0.2, 0.25) is 0 Å². The summed E-state index contributed by atoms with van der Waals surface area (Å²) in [5.41, 5.74) is 0.896. The fraction of sp³-hybridized carbons (Fsp3) is 0.565. The van der Waals surface area contributed by atoms with Gasteiger partial charge in [0.15, 0.2) is 16.7 Å². The molecule has 2 aliphatic heterocycles. The van der Waals surface area contributed by atoms with E-state index in [-0.39, 0.29) is 5.91 Å². The van der Waals surface area contributed by atoms with Crippen LogP contribution in [-0.2, 0) is 9.53 Å². The number of nitrogens with zero attached hydrogens (tertiary/aromatic N) is 2. The summed E-state index contributed by atoms with van der Waals surface area (Å²) in [4.78, 5) is 19.3. The van der Waals surface area contributed by atoms with E-state index < -0.39 is 0 Å². The number of carbonyl (C=O) groups is 1. The maximum absolute atomic E-state index is 12.3. The van der Waals surface area contributed by atoms with Crippen LogP contribution in [0.1, 0.15) is 51.0 Å². The molecule has 1 fully saturated rings. The number of aliphatic imine (C=N–C) groups is 1. The quantitative estimate of drug-likeness (QED) is 0.393. The molecular weight excluding hydrogens is 400 g/mol. The van der Waals surface area contributed by atoms with E-state index in [2.05, 4.69) is 16.8 Å². The summed E-state index contributed by atoms with van der Waals surface area (Å²) in [5, 5.41) is 0.764. The first-order chi connectivity index (χ1) is 14.7. The summed E-state index contributed by atoms with van der Waals surface area (Å²) in [6.45, 7) is 5.80. The first-order valence-electron chi connectivity index (χ1n) is 10.9. The van der Waals surface area contributed by atoms with Gasteiger partial charge in [0.25, 0.3) is 5.91 Å². The fourth-order valence-corrected chi connectivity index (χ4v) is 4.36. The molecule has 7 heteroatoms. The predicted molar refractivity (Wildman–Crippen MR) is 122 cm³/mol. The summed E-state index contributed by atoms with van der Waals surface area (Å²) in [7, 11) is 1.64. The number of hydrogen-bond acceptors (Lipinski definition) is 6. The second kappa shape index (κ2) is 12.0. The Bertz CT molecular complexity index is 772. The Morgan fingerprint density at radius 3 is 2.67 bits per heavy atom. The third-order valence-electron chi connectivity index (χ3n) is 5.13. The SMILES string of the molecule is CCCCCCCCOc1ccc(/C=C2/SC(N3CCOCC3)=NC2=O)cc1OC. The Balaban J connectivity index is 1.55. The Morgan fingerprint density at radius 2 is 1.90 bits per heavy atom. The van der Waals surface area contributed by atoms with E-state index in [0.29, 0.717) is 30.5 Å². The third-order valence-corrected chi connectivity index (χ3v) is 6.18. The smallest absolute Gasteiger partial charge is 0.286 e. The molecule has 2 heterocycles. The normalized spacial score (nSPS) is 18.1. The molecule has 1 amide bonds. The number of ether oxygens (including phenoxy) is 3. The molecule has 30 heavy (non-hydrogen) atoms. The van der Waals surface area contributed by atoms with Crippen molar-refractivity contribution in [3.63, 3.8) is 0 Å². The van der Waals surface area contributed by atoms with Crippen molar-refractivity contribution in [2.45, 2.75) is 45.4 Å². The van der Waals surface area contributed by atoms with Gasteiger partial charge in [-0.15, -0.1) is 0 Å². The van der Waals surface area contributed by atoms with E-state index >= 15 is 0 Å². The zero-order valence-corrected chi connectivity index (χ0v) is 18.8. The minimum Gasteiger partial charge on any atom is -0.493 e. The maximum atomic E-state index is 12.3. The van der Waals surface area contributed by atoms with Crippen LogP contribution in [0.4, 0.5) is 0 Å². The van der Waals surface area contributed by atoms with Crippen LogP contribution >= 0.6 is 11.8 Å². The highest BCUT2D eigenvalue weighted by Crippen LogP contribution is 2.33. The number of morpholine rings is 1. The van der Waals surface area contributed by atoms with Gasteiger partial charge in [-0.2, -0.15) is 4.99 Å². The van der Waals surface area contributed by atoms with Crippen molar-refractivity contribution >= 4 is 28.9 Å². The predicted octanol–water partition coefficient (Wildman–Crippen LogP) is 4.74. The van der Waals surface area contributed by atoms with Gasteiger partial charge >= 0.3 is 0 Å². The molecule has 0 aromatic heterocycles. The van der Waals surface area contributed by atoms with E-state index in [1.807, 2.05) is 24.3 Å². The van der Waals surface area contributed by atoms with E-state index in [0.717, 1.165) is 36.0 Å². The van der Waals surface area contributed by atoms with Crippen LogP contribution in [0.15, 0.2) is 28.1 Å². The largest absolute Gasteiger partial charge is 0.493 e. The van der Waals surface area contributed by atoms with Crippen LogP contribution in [0.25, 0.3) is 6.08 Å². The number of amides is 1. The number of amidine groups is 1. The van der Waals surface area contributed by atoms with Crippen molar-refractivity contribution in [1.82, 2.24) is 4.90 Å². The summed E-state index contributed by atoms with van der Waals surface area (Å²) in [5.74, 6) is 1.23. The zero-order chi connectivity index (χ0) is 21.2. The second-order valence-corrected chi connectivity index (χ2v) is 8.45. The highest BCUT2D eigenvalue weighted by atomic mass is 32.2. The molecule has 0 aliphatic carbocycles. The van der Waals surface area contributed by atoms with Crippen LogP contribution in [-0.4, -0.2) is 56.0 Å². The molecule has 0 unspecified atom stereocenters. The Morgan fingerprint density at radius 1 is 1.13 bits per heavy atom. The lowest BCUT2D eigenvalue weighted by molar-refractivity contribution is -0.113. The maximum Gasteiger partial charge on any atom is 0.286 e. The average Bonchev–Trinajstić information content (AvgIpc) is 3.14. The van der Waals surface area contributed by atoms with Gasteiger partial charge < -0.3 is 19.1 Å². The fourth-order valence-electron chi connectivity index (χ4n) is 3.40. The number of rotatable bonds is 10. The van der Waals surface area contributed by atoms with Gasteiger partial charge in [-0.25, -0.2) is 0 Å². The standard InChI is InChI=1S/C23H32N2O4S/c1-3-4-5-6-7-8-13-29-19-10-9-18(16-20(19)27-2)17-21-22(26)24-23(30-21)25-11-14-28-15-12-25/h9-10,16-17H,3-8,11-15H2,1-2H3/b21-17+. The third kappa shape index (κ3) is 6.51. The van der Waals surface area contributed by atoms with Crippen molar-refractivity contribution in [1.29, 1.82) is 0 Å². The lowest BCUT2D eigenvalue weighted by Gasteiger charge is -2.27. The van der Waals surface area contributed by atoms with Crippen LogP contribution in [0, 0.1) is 0 Å². The molecule has 164 valence electrons. The molecular formula is C23H32N2O4S. The number of methoxy groups -OCH3 is 1. The van der Waals surface area contributed by atoms with Gasteiger partial charge in [0, 0.05) is 13.1 Å². The topological polar surface area (TPSA) is 60.4 Å². The Labute approximate surface area is 183 Å².